The summed E-state index contributed by atoms with van der Waals surface area (Å²) in [4.78, 5) is 14.7. The van der Waals surface area contributed by atoms with Crippen molar-refractivity contribution in [2.45, 2.75) is 13.8 Å². The molecule has 0 aliphatic rings. The van der Waals surface area contributed by atoms with Gasteiger partial charge in [0.2, 0.25) is 0 Å². The number of nitrogens with zero attached hydrogens (tertiary/aromatic N) is 2. The lowest BCUT2D eigenvalue weighted by molar-refractivity contribution is -0.385. The van der Waals surface area contributed by atoms with Crippen molar-refractivity contribution in [2.24, 2.45) is 0 Å². The van der Waals surface area contributed by atoms with Crippen molar-refractivity contribution in [3.8, 4) is 11.1 Å². The average Bonchev–Trinajstić information content (AvgIpc) is 2.30. The molecule has 1 aromatic carbocycles. The summed E-state index contributed by atoms with van der Waals surface area (Å²) < 4.78 is 0. The summed E-state index contributed by atoms with van der Waals surface area (Å²) in [7, 11) is 0. The summed E-state index contributed by atoms with van der Waals surface area (Å²) in [5, 5.41) is 10.8. The summed E-state index contributed by atoms with van der Waals surface area (Å²) in [6.45, 7) is 3.66. The Bertz CT molecular complexity index is 562. The van der Waals surface area contributed by atoms with Gasteiger partial charge in [0.05, 0.1) is 4.92 Å². The Kier molecular flexibility index (Phi) is 2.87. The molecule has 0 spiro atoms. The van der Waals surface area contributed by atoms with Gasteiger partial charge in [0.25, 0.3) is 5.69 Å². The fraction of sp³-hybridized carbons (Fsp3) is 0.154. The molecule has 2 rings (SSSR count). The number of hydrogen-bond donors (Lipinski definition) is 0. The van der Waals surface area contributed by atoms with Gasteiger partial charge in [0.1, 0.15) is 0 Å². The van der Waals surface area contributed by atoms with Crippen molar-refractivity contribution < 1.29 is 4.92 Å². The van der Waals surface area contributed by atoms with Gasteiger partial charge in [-0.05, 0) is 25.5 Å². The third-order valence-electron chi connectivity index (χ3n) is 2.72. The second-order valence-electron chi connectivity index (χ2n) is 3.90. The van der Waals surface area contributed by atoms with Crippen LogP contribution in [0.25, 0.3) is 11.1 Å². The van der Waals surface area contributed by atoms with Crippen LogP contribution in [-0.2, 0) is 0 Å². The van der Waals surface area contributed by atoms with E-state index in [9.17, 15) is 10.1 Å². The van der Waals surface area contributed by atoms with Crippen molar-refractivity contribution in [1.82, 2.24) is 4.98 Å². The van der Waals surface area contributed by atoms with Crippen LogP contribution in [0.3, 0.4) is 0 Å². The molecule has 2 aromatic rings. The molecule has 0 N–H and O–H groups in total. The maximum absolute atomic E-state index is 10.8. The molecular weight excluding hydrogens is 216 g/mol. The van der Waals surface area contributed by atoms with Gasteiger partial charge in [-0.3, -0.25) is 15.1 Å². The highest BCUT2D eigenvalue weighted by molar-refractivity contribution is 5.70. The predicted molar refractivity (Wildman–Crippen MR) is 65.8 cm³/mol. The fourth-order valence-corrected chi connectivity index (χ4v) is 1.76. The van der Waals surface area contributed by atoms with E-state index in [0.717, 1.165) is 16.8 Å². The van der Waals surface area contributed by atoms with Crippen molar-refractivity contribution in [1.29, 1.82) is 0 Å². The smallest absolute Gasteiger partial charge is 0.261 e. The standard InChI is InChI=1S/C13H12N2O2/c1-9-6-7-11(8-14-9)12-4-3-5-13(10(12)2)15(16)17/h3-8H,1-2H3. The zero-order valence-corrected chi connectivity index (χ0v) is 9.68. The van der Waals surface area contributed by atoms with Crippen LogP contribution >= 0.6 is 0 Å². The Morgan fingerprint density at radius 1 is 1.18 bits per heavy atom. The van der Waals surface area contributed by atoms with Crippen LogP contribution < -0.4 is 0 Å². The summed E-state index contributed by atoms with van der Waals surface area (Å²) in [5.74, 6) is 0. The van der Waals surface area contributed by atoms with Gasteiger partial charge < -0.3 is 0 Å². The summed E-state index contributed by atoms with van der Waals surface area (Å²) in [5.41, 5.74) is 3.49. The number of pyridine rings is 1. The molecule has 0 amide bonds. The first-order valence-corrected chi connectivity index (χ1v) is 5.26. The van der Waals surface area contributed by atoms with Crippen LogP contribution in [0.15, 0.2) is 36.5 Å². The molecule has 1 aromatic heterocycles. The SMILES string of the molecule is Cc1ccc(-c2cccc([N+](=O)[O-])c2C)cn1. The third kappa shape index (κ3) is 2.15. The van der Waals surface area contributed by atoms with E-state index in [1.54, 1.807) is 19.2 Å². The fourth-order valence-electron chi connectivity index (χ4n) is 1.76. The van der Waals surface area contributed by atoms with E-state index in [0.29, 0.717) is 5.56 Å². The Labute approximate surface area is 99.1 Å². The van der Waals surface area contributed by atoms with Crippen molar-refractivity contribution in [3.05, 3.63) is 57.9 Å². The average molecular weight is 228 g/mol. The molecular formula is C13H12N2O2. The molecule has 4 heteroatoms. The van der Waals surface area contributed by atoms with Crippen molar-refractivity contribution in [3.63, 3.8) is 0 Å². The molecule has 0 unspecified atom stereocenters. The van der Waals surface area contributed by atoms with E-state index in [-0.39, 0.29) is 10.6 Å². The number of benzene rings is 1. The zero-order chi connectivity index (χ0) is 12.4. The molecule has 0 aliphatic carbocycles. The highest BCUT2D eigenvalue weighted by Crippen LogP contribution is 2.29. The van der Waals surface area contributed by atoms with Gasteiger partial charge in [-0.15, -0.1) is 0 Å². The minimum absolute atomic E-state index is 0.142. The minimum atomic E-state index is -0.361. The summed E-state index contributed by atoms with van der Waals surface area (Å²) >= 11 is 0. The number of aromatic nitrogens is 1. The Morgan fingerprint density at radius 3 is 2.53 bits per heavy atom. The maximum atomic E-state index is 10.8. The molecule has 0 saturated heterocycles. The molecule has 0 bridgehead atoms. The minimum Gasteiger partial charge on any atom is -0.261 e. The molecule has 0 atom stereocenters. The van der Waals surface area contributed by atoms with E-state index in [1.165, 1.54) is 6.07 Å². The Morgan fingerprint density at radius 2 is 1.94 bits per heavy atom. The van der Waals surface area contributed by atoms with Gasteiger partial charge in [0.15, 0.2) is 0 Å². The Balaban J connectivity index is 2.56. The third-order valence-corrected chi connectivity index (χ3v) is 2.72. The molecule has 86 valence electrons. The van der Waals surface area contributed by atoms with E-state index < -0.39 is 0 Å². The number of nitro groups is 1. The number of nitro benzene ring substituents is 1. The number of rotatable bonds is 2. The molecule has 0 radical (unpaired) electrons. The number of hydrogen-bond acceptors (Lipinski definition) is 3. The van der Waals surface area contributed by atoms with Crippen LogP contribution in [0.1, 0.15) is 11.3 Å². The monoisotopic (exact) mass is 228 g/mol. The first-order valence-electron chi connectivity index (χ1n) is 5.26. The molecule has 4 nitrogen and oxygen atoms in total. The summed E-state index contributed by atoms with van der Waals surface area (Å²) in [6.07, 6.45) is 1.74. The second kappa shape index (κ2) is 4.33. The van der Waals surface area contributed by atoms with E-state index >= 15 is 0 Å². The van der Waals surface area contributed by atoms with Crippen LogP contribution in [0, 0.1) is 24.0 Å². The van der Waals surface area contributed by atoms with Crippen LogP contribution in [0.4, 0.5) is 5.69 Å². The van der Waals surface area contributed by atoms with Crippen LogP contribution in [0.2, 0.25) is 0 Å². The van der Waals surface area contributed by atoms with Crippen LogP contribution in [0.5, 0.6) is 0 Å². The number of aryl methyl sites for hydroxylation is 1. The van der Waals surface area contributed by atoms with E-state index in [2.05, 4.69) is 4.98 Å². The van der Waals surface area contributed by atoms with Gasteiger partial charge in [-0.1, -0.05) is 18.2 Å². The van der Waals surface area contributed by atoms with Gasteiger partial charge in [0, 0.05) is 29.1 Å². The first-order chi connectivity index (χ1) is 8.09. The van der Waals surface area contributed by atoms with Gasteiger partial charge >= 0.3 is 0 Å². The topological polar surface area (TPSA) is 56.0 Å². The molecule has 1 heterocycles. The molecule has 0 aliphatic heterocycles. The lowest BCUT2D eigenvalue weighted by Crippen LogP contribution is -1.94. The normalized spacial score (nSPS) is 10.2. The van der Waals surface area contributed by atoms with Crippen LogP contribution in [-0.4, -0.2) is 9.91 Å². The first kappa shape index (κ1) is 11.3. The highest BCUT2D eigenvalue weighted by Gasteiger charge is 2.14. The quantitative estimate of drug-likeness (QED) is 0.585. The van der Waals surface area contributed by atoms with E-state index in [4.69, 9.17) is 0 Å². The second-order valence-corrected chi connectivity index (χ2v) is 3.90. The van der Waals surface area contributed by atoms with Crippen molar-refractivity contribution >= 4 is 5.69 Å². The lowest BCUT2D eigenvalue weighted by Gasteiger charge is -2.06. The van der Waals surface area contributed by atoms with Crippen molar-refractivity contribution in [2.75, 3.05) is 0 Å². The Hall–Kier alpha value is -2.23. The predicted octanol–water partition coefficient (Wildman–Crippen LogP) is 3.27. The van der Waals surface area contributed by atoms with Gasteiger partial charge in [-0.2, -0.15) is 0 Å². The molecule has 0 saturated carbocycles. The van der Waals surface area contributed by atoms with E-state index in [1.807, 2.05) is 25.1 Å². The lowest BCUT2D eigenvalue weighted by atomic mass is 10.0. The zero-order valence-electron chi connectivity index (χ0n) is 9.68. The molecule has 17 heavy (non-hydrogen) atoms. The maximum Gasteiger partial charge on any atom is 0.272 e. The highest BCUT2D eigenvalue weighted by atomic mass is 16.6. The van der Waals surface area contributed by atoms with Gasteiger partial charge in [-0.25, -0.2) is 0 Å². The largest absolute Gasteiger partial charge is 0.272 e. The molecule has 0 fully saturated rings. The summed E-state index contributed by atoms with van der Waals surface area (Å²) in [6, 6.07) is 8.90.